The summed E-state index contributed by atoms with van der Waals surface area (Å²) in [4.78, 5) is 14.3. The number of piperidine rings is 1. The highest BCUT2D eigenvalue weighted by Crippen LogP contribution is 2.20. The lowest BCUT2D eigenvalue weighted by atomic mass is 9.97. The van der Waals surface area contributed by atoms with Crippen LogP contribution in [0.4, 0.5) is 0 Å². The van der Waals surface area contributed by atoms with Gasteiger partial charge >= 0.3 is 0 Å². The summed E-state index contributed by atoms with van der Waals surface area (Å²) in [5.41, 5.74) is 1.25. The summed E-state index contributed by atoms with van der Waals surface area (Å²) < 4.78 is 0. The van der Waals surface area contributed by atoms with E-state index in [4.69, 9.17) is 4.98 Å². The first-order valence-electron chi connectivity index (χ1n) is 11.1. The maximum absolute atomic E-state index is 4.71. The van der Waals surface area contributed by atoms with Crippen molar-refractivity contribution in [2.45, 2.75) is 58.5 Å². The Labute approximate surface area is 198 Å². The number of guanidine groups is 1. The number of nitrogens with one attached hydrogen (secondary N) is 2. The van der Waals surface area contributed by atoms with E-state index in [9.17, 15) is 0 Å². The smallest absolute Gasteiger partial charge is 0.191 e. The van der Waals surface area contributed by atoms with Crippen molar-refractivity contribution in [1.82, 2.24) is 25.4 Å². The summed E-state index contributed by atoms with van der Waals surface area (Å²) in [6.07, 6.45) is 6.17. The lowest BCUT2D eigenvalue weighted by molar-refractivity contribution is 0.176. The van der Waals surface area contributed by atoms with Gasteiger partial charge in [-0.05, 0) is 64.2 Å². The molecule has 0 aromatic carbocycles. The van der Waals surface area contributed by atoms with Crippen LogP contribution in [0.2, 0.25) is 0 Å². The quantitative estimate of drug-likeness (QED) is 0.305. The third-order valence-corrected chi connectivity index (χ3v) is 7.23. The Morgan fingerprint density at radius 3 is 2.59 bits per heavy atom. The predicted molar refractivity (Wildman–Crippen MR) is 135 cm³/mol. The van der Waals surface area contributed by atoms with Gasteiger partial charge in [0, 0.05) is 38.1 Å². The average Bonchev–Trinajstić information content (AvgIpc) is 3.38. The van der Waals surface area contributed by atoms with Gasteiger partial charge in [0.25, 0.3) is 0 Å². The molecule has 166 valence electrons. The maximum atomic E-state index is 4.71. The first kappa shape index (κ1) is 24.8. The second-order valence-corrected chi connectivity index (χ2v) is 9.01. The summed E-state index contributed by atoms with van der Waals surface area (Å²) in [6.45, 7) is 12.2. The summed E-state index contributed by atoms with van der Waals surface area (Å²) in [6, 6.07) is 0.658. The van der Waals surface area contributed by atoms with Crippen molar-refractivity contribution in [2.24, 2.45) is 10.9 Å². The van der Waals surface area contributed by atoms with Gasteiger partial charge < -0.3 is 10.6 Å². The normalized spacial score (nSPS) is 21.9. The molecule has 3 rings (SSSR count). The van der Waals surface area contributed by atoms with Gasteiger partial charge in [-0.2, -0.15) is 0 Å². The number of thiazole rings is 1. The van der Waals surface area contributed by atoms with Crippen molar-refractivity contribution < 1.29 is 0 Å². The predicted octanol–water partition coefficient (Wildman–Crippen LogP) is 3.18. The fourth-order valence-electron chi connectivity index (χ4n) is 4.38. The molecule has 1 atom stereocenters. The van der Waals surface area contributed by atoms with E-state index in [1.807, 2.05) is 7.05 Å². The third-order valence-electron chi connectivity index (χ3n) is 6.19. The molecule has 2 saturated heterocycles. The zero-order valence-corrected chi connectivity index (χ0v) is 21.5. The lowest BCUT2D eigenvalue weighted by Gasteiger charge is -2.32. The SMILES string of the molecule is CCc1nc(CN2CCC(CNC(=NC)NCC3CCCN3CC)CC2)cs1.I. The van der Waals surface area contributed by atoms with Crippen LogP contribution in [0.3, 0.4) is 0 Å². The maximum Gasteiger partial charge on any atom is 0.191 e. The van der Waals surface area contributed by atoms with E-state index in [-0.39, 0.29) is 24.0 Å². The van der Waals surface area contributed by atoms with Crippen LogP contribution >= 0.6 is 35.3 Å². The van der Waals surface area contributed by atoms with E-state index in [2.05, 4.69) is 44.7 Å². The molecule has 0 spiro atoms. The zero-order valence-electron chi connectivity index (χ0n) is 18.3. The minimum absolute atomic E-state index is 0. The Balaban J connectivity index is 0.00000300. The summed E-state index contributed by atoms with van der Waals surface area (Å²) >= 11 is 1.80. The summed E-state index contributed by atoms with van der Waals surface area (Å²) in [5, 5.41) is 10.6. The molecule has 1 aromatic rings. The standard InChI is InChI=1S/C21H38N6S.HI/c1-4-20-25-18(16-28-20)15-26-11-8-17(9-12-26)13-23-21(22-3)24-14-19-7-6-10-27(19)5-2;/h16-17,19H,4-15H2,1-3H3,(H2,22,23,24);1H. The zero-order chi connectivity index (χ0) is 19.8. The van der Waals surface area contributed by atoms with Crippen LogP contribution in [0.15, 0.2) is 10.4 Å². The molecule has 0 radical (unpaired) electrons. The summed E-state index contributed by atoms with van der Waals surface area (Å²) in [7, 11) is 1.88. The van der Waals surface area contributed by atoms with Gasteiger partial charge in [-0.3, -0.25) is 14.8 Å². The molecular formula is C21H39IN6S. The molecule has 2 fully saturated rings. The van der Waals surface area contributed by atoms with E-state index in [1.165, 1.54) is 56.0 Å². The van der Waals surface area contributed by atoms with Gasteiger partial charge in [-0.15, -0.1) is 35.3 Å². The monoisotopic (exact) mass is 534 g/mol. The van der Waals surface area contributed by atoms with Crippen molar-refractivity contribution in [2.75, 3.05) is 46.3 Å². The van der Waals surface area contributed by atoms with E-state index < -0.39 is 0 Å². The fraction of sp³-hybridized carbons (Fsp3) is 0.810. The fourth-order valence-corrected chi connectivity index (χ4v) is 5.12. The summed E-state index contributed by atoms with van der Waals surface area (Å²) in [5.74, 6) is 1.69. The topological polar surface area (TPSA) is 55.8 Å². The second-order valence-electron chi connectivity index (χ2n) is 8.06. The molecule has 2 aliphatic heterocycles. The second kappa shape index (κ2) is 13.1. The Kier molecular flexibility index (Phi) is 11.2. The van der Waals surface area contributed by atoms with Crippen molar-refractivity contribution in [3.63, 3.8) is 0 Å². The molecule has 1 unspecified atom stereocenters. The van der Waals surface area contributed by atoms with Crippen molar-refractivity contribution in [1.29, 1.82) is 0 Å². The number of likely N-dealkylation sites (tertiary alicyclic amines) is 2. The molecule has 0 saturated carbocycles. The van der Waals surface area contributed by atoms with E-state index in [0.29, 0.717) is 6.04 Å². The van der Waals surface area contributed by atoms with Crippen LogP contribution in [0.25, 0.3) is 0 Å². The van der Waals surface area contributed by atoms with Crippen molar-refractivity contribution in [3.05, 3.63) is 16.1 Å². The van der Waals surface area contributed by atoms with Crippen LogP contribution in [-0.2, 0) is 13.0 Å². The highest BCUT2D eigenvalue weighted by molar-refractivity contribution is 14.0. The average molecular weight is 535 g/mol. The van der Waals surface area contributed by atoms with Gasteiger partial charge in [-0.1, -0.05) is 13.8 Å². The van der Waals surface area contributed by atoms with E-state index >= 15 is 0 Å². The highest BCUT2D eigenvalue weighted by Gasteiger charge is 2.23. The number of aromatic nitrogens is 1. The minimum Gasteiger partial charge on any atom is -0.356 e. The van der Waals surface area contributed by atoms with Gasteiger partial charge in [-0.25, -0.2) is 4.98 Å². The van der Waals surface area contributed by atoms with Crippen LogP contribution < -0.4 is 10.6 Å². The van der Waals surface area contributed by atoms with E-state index in [1.54, 1.807) is 11.3 Å². The molecule has 2 aliphatic rings. The number of hydrogen-bond acceptors (Lipinski definition) is 5. The van der Waals surface area contributed by atoms with Crippen LogP contribution in [0, 0.1) is 5.92 Å². The third kappa shape index (κ3) is 7.63. The van der Waals surface area contributed by atoms with Crippen molar-refractivity contribution >= 4 is 41.3 Å². The Bertz CT molecular complexity index is 614. The lowest BCUT2D eigenvalue weighted by Crippen LogP contribution is -2.46. The Hall–Kier alpha value is -0.450. The van der Waals surface area contributed by atoms with Gasteiger partial charge in [0.2, 0.25) is 0 Å². The first-order valence-corrected chi connectivity index (χ1v) is 11.9. The van der Waals surface area contributed by atoms with Gasteiger partial charge in [0.05, 0.1) is 10.7 Å². The molecule has 6 nitrogen and oxygen atoms in total. The number of hydrogen-bond donors (Lipinski definition) is 2. The van der Waals surface area contributed by atoms with Crippen LogP contribution in [0.5, 0.6) is 0 Å². The first-order chi connectivity index (χ1) is 13.7. The molecule has 29 heavy (non-hydrogen) atoms. The van der Waals surface area contributed by atoms with Gasteiger partial charge in [0.15, 0.2) is 5.96 Å². The molecule has 1 aromatic heterocycles. The molecule has 0 amide bonds. The van der Waals surface area contributed by atoms with E-state index in [0.717, 1.165) is 44.5 Å². The highest BCUT2D eigenvalue weighted by atomic mass is 127. The number of aryl methyl sites for hydroxylation is 1. The molecule has 0 aliphatic carbocycles. The number of aliphatic imine (C=N–C) groups is 1. The largest absolute Gasteiger partial charge is 0.356 e. The van der Waals surface area contributed by atoms with Crippen molar-refractivity contribution in [3.8, 4) is 0 Å². The number of likely N-dealkylation sites (N-methyl/N-ethyl adjacent to an activating group) is 1. The Morgan fingerprint density at radius 1 is 1.17 bits per heavy atom. The molecule has 0 bridgehead atoms. The molecule has 8 heteroatoms. The van der Waals surface area contributed by atoms with Gasteiger partial charge in [0.1, 0.15) is 0 Å². The minimum atomic E-state index is 0. The molecule has 3 heterocycles. The molecular weight excluding hydrogens is 495 g/mol. The van der Waals surface area contributed by atoms with Crippen LogP contribution in [-0.4, -0.2) is 73.1 Å². The number of nitrogens with zero attached hydrogens (tertiary/aromatic N) is 4. The number of rotatable bonds is 8. The Morgan fingerprint density at radius 2 is 1.93 bits per heavy atom. The number of halogens is 1. The molecule has 2 N–H and O–H groups in total. The van der Waals surface area contributed by atoms with Crippen LogP contribution in [0.1, 0.15) is 50.2 Å².